The molecule has 0 aromatic heterocycles. The number of hydrogen-bond acceptors (Lipinski definition) is 4. The Morgan fingerprint density at radius 1 is 1.35 bits per heavy atom. The third kappa shape index (κ3) is 6.56. The molecular weight excluding hydrogens is 350 g/mol. The molecule has 1 amide bonds. The zero-order valence-corrected chi connectivity index (χ0v) is 16.6. The Hall–Kier alpha value is -1.69. The number of carbonyl (C=O) groups is 2. The lowest BCUT2D eigenvalue weighted by Crippen LogP contribution is -2.43. The van der Waals surface area contributed by atoms with E-state index in [0.29, 0.717) is 18.1 Å². The molecule has 26 heavy (non-hydrogen) atoms. The lowest BCUT2D eigenvalue weighted by atomic mass is 9.84. The second kappa shape index (κ2) is 9.31. The molecule has 144 valence electrons. The van der Waals surface area contributed by atoms with Crippen LogP contribution in [-0.4, -0.2) is 40.3 Å². The number of ether oxygens (including phenoxy) is 1. The topological polar surface area (TPSA) is 75.6 Å². The Labute approximate surface area is 159 Å². The second-order valence-electron chi connectivity index (χ2n) is 7.69. The van der Waals surface area contributed by atoms with E-state index in [1.165, 1.54) is 24.0 Å². The van der Waals surface area contributed by atoms with E-state index in [9.17, 15) is 14.7 Å². The van der Waals surface area contributed by atoms with E-state index >= 15 is 0 Å². The van der Waals surface area contributed by atoms with Crippen molar-refractivity contribution in [3.63, 3.8) is 0 Å². The van der Waals surface area contributed by atoms with Crippen LogP contribution in [0, 0.1) is 0 Å². The molecule has 0 aliphatic heterocycles. The summed E-state index contributed by atoms with van der Waals surface area (Å²) in [5.41, 5.74) is 2.24. The van der Waals surface area contributed by atoms with Crippen molar-refractivity contribution in [1.82, 2.24) is 5.32 Å². The van der Waals surface area contributed by atoms with Gasteiger partial charge in [-0.25, -0.2) is 9.59 Å². The number of alkyl carbamates (subject to hydrolysis) is 1. The van der Waals surface area contributed by atoms with Crippen molar-refractivity contribution in [2.45, 2.75) is 64.0 Å². The number of aliphatic carboxylic acids is 1. The average Bonchev–Trinajstić information content (AvgIpc) is 2.55. The van der Waals surface area contributed by atoms with E-state index in [2.05, 4.69) is 29.6 Å². The highest BCUT2D eigenvalue weighted by molar-refractivity contribution is 7.99. The summed E-state index contributed by atoms with van der Waals surface area (Å²) in [4.78, 5) is 23.2. The van der Waals surface area contributed by atoms with Crippen molar-refractivity contribution < 1.29 is 19.4 Å². The number of rotatable bonds is 7. The molecule has 0 heterocycles. The van der Waals surface area contributed by atoms with Gasteiger partial charge in [0.05, 0.1) is 0 Å². The molecule has 0 saturated heterocycles. The van der Waals surface area contributed by atoms with Gasteiger partial charge in [0.1, 0.15) is 11.6 Å². The monoisotopic (exact) mass is 379 g/mol. The van der Waals surface area contributed by atoms with E-state index in [-0.39, 0.29) is 0 Å². The smallest absolute Gasteiger partial charge is 0.408 e. The first kappa shape index (κ1) is 20.6. The maximum atomic E-state index is 11.8. The Kier molecular flexibility index (Phi) is 7.38. The highest BCUT2D eigenvalue weighted by Crippen LogP contribution is 2.33. The van der Waals surface area contributed by atoms with Crippen molar-refractivity contribution in [2.75, 3.05) is 11.5 Å². The Morgan fingerprint density at radius 2 is 2.08 bits per heavy atom. The van der Waals surface area contributed by atoms with Crippen molar-refractivity contribution in [3.05, 3.63) is 35.4 Å². The molecule has 2 unspecified atom stereocenters. The highest BCUT2D eigenvalue weighted by atomic mass is 32.2. The number of hydrogen-bond donors (Lipinski definition) is 2. The number of fused-ring (bicyclic) bond motifs is 1. The number of benzene rings is 1. The molecule has 1 aliphatic carbocycles. The molecule has 1 aromatic rings. The van der Waals surface area contributed by atoms with Crippen LogP contribution in [0.5, 0.6) is 0 Å². The van der Waals surface area contributed by atoms with Gasteiger partial charge in [0.25, 0.3) is 0 Å². The van der Waals surface area contributed by atoms with E-state index in [1.807, 2.05) is 0 Å². The fourth-order valence-electron chi connectivity index (χ4n) is 3.16. The molecule has 1 aromatic carbocycles. The van der Waals surface area contributed by atoms with Crippen LogP contribution in [0.2, 0.25) is 0 Å². The molecule has 0 saturated carbocycles. The SMILES string of the molecule is CC(C)(C)OC(=O)NC(CCSCC1CCCc2ccccc21)C(=O)O. The fraction of sp³-hybridized carbons (Fsp3) is 0.600. The van der Waals surface area contributed by atoms with Gasteiger partial charge in [-0.05, 0) is 69.3 Å². The van der Waals surface area contributed by atoms with Crippen LogP contribution in [-0.2, 0) is 16.0 Å². The fourth-order valence-corrected chi connectivity index (χ4v) is 4.36. The average molecular weight is 380 g/mol. The van der Waals surface area contributed by atoms with E-state index in [4.69, 9.17) is 4.74 Å². The first-order chi connectivity index (χ1) is 12.3. The minimum Gasteiger partial charge on any atom is -0.480 e. The standard InChI is InChI=1S/C20H29NO4S/c1-20(2,3)25-19(24)21-17(18(22)23)11-12-26-13-15-9-6-8-14-7-4-5-10-16(14)15/h4-5,7,10,15,17H,6,8-9,11-13H2,1-3H3,(H,21,24)(H,22,23). The highest BCUT2D eigenvalue weighted by Gasteiger charge is 2.24. The van der Waals surface area contributed by atoms with Crippen LogP contribution < -0.4 is 5.32 Å². The Balaban J connectivity index is 1.78. The summed E-state index contributed by atoms with van der Waals surface area (Å²) in [6.45, 7) is 5.25. The lowest BCUT2D eigenvalue weighted by molar-refractivity contribution is -0.139. The van der Waals surface area contributed by atoms with E-state index in [0.717, 1.165) is 12.2 Å². The summed E-state index contributed by atoms with van der Waals surface area (Å²) in [5, 5.41) is 11.8. The molecule has 5 nitrogen and oxygen atoms in total. The predicted octanol–water partition coefficient (Wildman–Crippen LogP) is 4.21. The summed E-state index contributed by atoms with van der Waals surface area (Å²) in [6.07, 6.45) is 3.24. The zero-order valence-electron chi connectivity index (χ0n) is 15.8. The van der Waals surface area contributed by atoms with Gasteiger partial charge in [-0.3, -0.25) is 0 Å². The van der Waals surface area contributed by atoms with Crippen LogP contribution in [0.15, 0.2) is 24.3 Å². The molecule has 0 bridgehead atoms. The number of nitrogens with one attached hydrogen (secondary N) is 1. The third-order valence-electron chi connectivity index (χ3n) is 4.35. The van der Waals surface area contributed by atoms with Gasteiger partial charge in [0.15, 0.2) is 0 Å². The first-order valence-electron chi connectivity index (χ1n) is 9.14. The molecule has 0 spiro atoms. The second-order valence-corrected chi connectivity index (χ2v) is 8.84. The molecule has 2 rings (SSSR count). The zero-order chi connectivity index (χ0) is 19.2. The van der Waals surface area contributed by atoms with Crippen molar-refractivity contribution in [2.24, 2.45) is 0 Å². The lowest BCUT2D eigenvalue weighted by Gasteiger charge is -2.25. The van der Waals surface area contributed by atoms with Crippen molar-refractivity contribution >= 4 is 23.8 Å². The van der Waals surface area contributed by atoms with E-state index in [1.54, 1.807) is 32.5 Å². The molecule has 0 radical (unpaired) electrons. The minimum atomic E-state index is -1.03. The largest absolute Gasteiger partial charge is 0.480 e. The van der Waals surface area contributed by atoms with E-state index < -0.39 is 23.7 Å². The van der Waals surface area contributed by atoms with Crippen molar-refractivity contribution in [3.8, 4) is 0 Å². The number of carboxylic acid groups (broad SMARTS) is 1. The summed E-state index contributed by atoms with van der Waals surface area (Å²) in [5.74, 6) is 1.17. The molecule has 6 heteroatoms. The Morgan fingerprint density at radius 3 is 2.77 bits per heavy atom. The summed E-state index contributed by atoms with van der Waals surface area (Å²) in [7, 11) is 0. The molecule has 2 N–H and O–H groups in total. The van der Waals surface area contributed by atoms with Gasteiger partial charge in [0, 0.05) is 5.75 Å². The van der Waals surface area contributed by atoms with Gasteiger partial charge in [-0.2, -0.15) is 11.8 Å². The summed E-state index contributed by atoms with van der Waals surface area (Å²) >= 11 is 1.75. The first-order valence-corrected chi connectivity index (χ1v) is 10.3. The Bertz CT molecular complexity index is 626. The number of aryl methyl sites for hydroxylation is 1. The normalized spacial score (nSPS) is 17.9. The van der Waals surface area contributed by atoms with Gasteiger partial charge in [-0.15, -0.1) is 0 Å². The summed E-state index contributed by atoms with van der Waals surface area (Å²) < 4.78 is 5.14. The number of amides is 1. The van der Waals surface area contributed by atoms with Gasteiger partial charge in [0.2, 0.25) is 0 Å². The number of thioether (sulfide) groups is 1. The van der Waals surface area contributed by atoms with Crippen LogP contribution >= 0.6 is 11.8 Å². The molecule has 0 fully saturated rings. The predicted molar refractivity (Wildman–Crippen MR) is 105 cm³/mol. The van der Waals surface area contributed by atoms with Crippen LogP contribution in [0.4, 0.5) is 4.79 Å². The number of carboxylic acids is 1. The quantitative estimate of drug-likeness (QED) is 0.694. The summed E-state index contributed by atoms with van der Waals surface area (Å²) in [6, 6.07) is 7.68. The maximum Gasteiger partial charge on any atom is 0.408 e. The third-order valence-corrected chi connectivity index (χ3v) is 5.52. The minimum absolute atomic E-state index is 0.383. The maximum absolute atomic E-state index is 11.8. The van der Waals surface area contributed by atoms with Crippen molar-refractivity contribution in [1.29, 1.82) is 0 Å². The number of carbonyl (C=O) groups excluding carboxylic acids is 1. The molecular formula is C20H29NO4S. The van der Waals surface area contributed by atoms with Gasteiger partial charge in [-0.1, -0.05) is 24.3 Å². The van der Waals surface area contributed by atoms with Crippen LogP contribution in [0.25, 0.3) is 0 Å². The molecule has 2 atom stereocenters. The molecule has 1 aliphatic rings. The van der Waals surface area contributed by atoms with Gasteiger partial charge >= 0.3 is 12.1 Å². The van der Waals surface area contributed by atoms with Crippen LogP contribution in [0.3, 0.4) is 0 Å². The van der Waals surface area contributed by atoms with Gasteiger partial charge < -0.3 is 15.2 Å². The van der Waals surface area contributed by atoms with Crippen LogP contribution in [0.1, 0.15) is 57.1 Å².